The van der Waals surface area contributed by atoms with Gasteiger partial charge in [0.15, 0.2) is 0 Å². The monoisotopic (exact) mass is 248 g/mol. The molecule has 0 radical (unpaired) electrons. The van der Waals surface area contributed by atoms with E-state index in [4.69, 9.17) is 9.47 Å². The summed E-state index contributed by atoms with van der Waals surface area (Å²) in [4.78, 5) is 12.5. The molecule has 2 unspecified atom stereocenters. The van der Waals surface area contributed by atoms with E-state index in [2.05, 4.69) is 0 Å². The molecule has 1 aromatic rings. The largest absolute Gasteiger partial charge is 0.493 e. The molecule has 0 spiro atoms. The van der Waals surface area contributed by atoms with Crippen molar-refractivity contribution in [3.8, 4) is 5.75 Å². The second-order valence-electron chi connectivity index (χ2n) is 4.81. The molecule has 0 aliphatic carbocycles. The molecule has 1 aliphatic rings. The summed E-state index contributed by atoms with van der Waals surface area (Å²) in [6.45, 7) is 3.25. The Kier molecular flexibility index (Phi) is 4.37. The Morgan fingerprint density at radius 2 is 2.28 bits per heavy atom. The van der Waals surface area contributed by atoms with E-state index in [0.29, 0.717) is 19.0 Å². The van der Waals surface area contributed by atoms with Crippen LogP contribution in [-0.4, -0.2) is 26.1 Å². The lowest BCUT2D eigenvalue weighted by Crippen LogP contribution is -2.26. The van der Waals surface area contributed by atoms with Gasteiger partial charge in [-0.2, -0.15) is 0 Å². The SMILES string of the molecule is COCCC(C)C(=O)C1CCOc2ccccc21. The summed E-state index contributed by atoms with van der Waals surface area (Å²) in [5.41, 5.74) is 1.04. The van der Waals surface area contributed by atoms with Crippen LogP contribution in [0.3, 0.4) is 0 Å². The molecule has 0 amide bonds. The first-order valence-electron chi connectivity index (χ1n) is 6.48. The van der Waals surface area contributed by atoms with Crippen molar-refractivity contribution in [3.05, 3.63) is 29.8 Å². The zero-order chi connectivity index (χ0) is 13.0. The van der Waals surface area contributed by atoms with Crippen molar-refractivity contribution in [2.45, 2.75) is 25.7 Å². The summed E-state index contributed by atoms with van der Waals surface area (Å²) in [6.07, 6.45) is 1.57. The van der Waals surface area contributed by atoms with Crippen LogP contribution < -0.4 is 4.74 Å². The fourth-order valence-electron chi connectivity index (χ4n) is 2.42. The molecule has 0 saturated heterocycles. The summed E-state index contributed by atoms with van der Waals surface area (Å²) in [6, 6.07) is 7.85. The Labute approximate surface area is 108 Å². The van der Waals surface area contributed by atoms with Crippen molar-refractivity contribution >= 4 is 5.78 Å². The molecule has 2 rings (SSSR count). The molecule has 0 bridgehead atoms. The van der Waals surface area contributed by atoms with Crippen molar-refractivity contribution in [2.75, 3.05) is 20.3 Å². The third-order valence-electron chi connectivity index (χ3n) is 3.54. The van der Waals surface area contributed by atoms with Gasteiger partial charge in [0.2, 0.25) is 0 Å². The molecule has 0 saturated carbocycles. The van der Waals surface area contributed by atoms with Crippen molar-refractivity contribution < 1.29 is 14.3 Å². The van der Waals surface area contributed by atoms with Gasteiger partial charge in [-0.25, -0.2) is 0 Å². The number of carbonyl (C=O) groups is 1. The highest BCUT2D eigenvalue weighted by atomic mass is 16.5. The van der Waals surface area contributed by atoms with Crippen molar-refractivity contribution in [1.82, 2.24) is 0 Å². The van der Waals surface area contributed by atoms with E-state index in [9.17, 15) is 4.79 Å². The van der Waals surface area contributed by atoms with Gasteiger partial charge in [0.05, 0.1) is 6.61 Å². The third-order valence-corrected chi connectivity index (χ3v) is 3.54. The number of hydrogen-bond donors (Lipinski definition) is 0. The molecule has 2 atom stereocenters. The molecule has 0 fully saturated rings. The van der Waals surface area contributed by atoms with Gasteiger partial charge in [-0.1, -0.05) is 25.1 Å². The minimum absolute atomic E-state index is 0.0122. The summed E-state index contributed by atoms with van der Waals surface area (Å²) >= 11 is 0. The van der Waals surface area contributed by atoms with E-state index in [-0.39, 0.29) is 11.8 Å². The van der Waals surface area contributed by atoms with Crippen LogP contribution in [0.4, 0.5) is 0 Å². The van der Waals surface area contributed by atoms with Crippen LogP contribution in [-0.2, 0) is 9.53 Å². The quantitative estimate of drug-likeness (QED) is 0.803. The molecular formula is C15H20O3. The summed E-state index contributed by atoms with van der Waals surface area (Å²) in [7, 11) is 1.67. The van der Waals surface area contributed by atoms with Crippen LogP contribution in [0, 0.1) is 5.92 Å². The Hall–Kier alpha value is -1.35. The maximum atomic E-state index is 12.5. The minimum atomic E-state index is -0.0122. The van der Waals surface area contributed by atoms with Gasteiger partial charge in [0.25, 0.3) is 0 Å². The maximum Gasteiger partial charge on any atom is 0.143 e. The van der Waals surface area contributed by atoms with Gasteiger partial charge < -0.3 is 9.47 Å². The second kappa shape index (κ2) is 6.01. The minimum Gasteiger partial charge on any atom is -0.493 e. The first-order chi connectivity index (χ1) is 8.74. The average molecular weight is 248 g/mol. The predicted molar refractivity (Wildman–Crippen MR) is 70.0 cm³/mol. The summed E-state index contributed by atoms with van der Waals surface area (Å²) in [5.74, 6) is 1.20. The highest BCUT2D eigenvalue weighted by Gasteiger charge is 2.29. The zero-order valence-corrected chi connectivity index (χ0v) is 11.0. The maximum absolute atomic E-state index is 12.5. The van der Waals surface area contributed by atoms with Crippen molar-refractivity contribution in [2.24, 2.45) is 5.92 Å². The van der Waals surface area contributed by atoms with Gasteiger partial charge in [0, 0.05) is 31.1 Å². The van der Waals surface area contributed by atoms with E-state index >= 15 is 0 Å². The normalized spacial score (nSPS) is 19.8. The number of para-hydroxylation sites is 1. The Bertz CT molecular complexity index is 414. The van der Waals surface area contributed by atoms with Crippen LogP contribution in [0.2, 0.25) is 0 Å². The standard InChI is InChI=1S/C15H20O3/c1-11(7-9-17-2)15(16)13-8-10-18-14-6-4-3-5-12(13)14/h3-6,11,13H,7-10H2,1-2H3. The lowest BCUT2D eigenvalue weighted by molar-refractivity contribution is -0.125. The molecular weight excluding hydrogens is 228 g/mol. The molecule has 3 nitrogen and oxygen atoms in total. The molecule has 1 heterocycles. The fourth-order valence-corrected chi connectivity index (χ4v) is 2.42. The van der Waals surface area contributed by atoms with Crippen LogP contribution in [0.25, 0.3) is 0 Å². The molecule has 18 heavy (non-hydrogen) atoms. The van der Waals surface area contributed by atoms with E-state index < -0.39 is 0 Å². The lowest BCUT2D eigenvalue weighted by Gasteiger charge is -2.26. The second-order valence-corrected chi connectivity index (χ2v) is 4.81. The van der Waals surface area contributed by atoms with Gasteiger partial charge in [-0.05, 0) is 18.9 Å². The number of hydrogen-bond acceptors (Lipinski definition) is 3. The number of carbonyl (C=O) groups excluding carboxylic acids is 1. The van der Waals surface area contributed by atoms with Gasteiger partial charge >= 0.3 is 0 Å². The first-order valence-corrected chi connectivity index (χ1v) is 6.48. The van der Waals surface area contributed by atoms with Crippen molar-refractivity contribution in [1.29, 1.82) is 0 Å². The molecule has 98 valence electrons. The zero-order valence-electron chi connectivity index (χ0n) is 11.0. The molecule has 3 heteroatoms. The van der Waals surface area contributed by atoms with E-state index in [0.717, 1.165) is 24.2 Å². The molecule has 0 N–H and O–H groups in total. The molecule has 0 aromatic heterocycles. The lowest BCUT2D eigenvalue weighted by atomic mass is 9.83. The Morgan fingerprint density at radius 1 is 1.50 bits per heavy atom. The highest BCUT2D eigenvalue weighted by molar-refractivity contribution is 5.88. The topological polar surface area (TPSA) is 35.5 Å². The first kappa shape index (κ1) is 13.1. The summed E-state index contributed by atoms with van der Waals surface area (Å²) < 4.78 is 10.6. The third kappa shape index (κ3) is 2.72. The van der Waals surface area contributed by atoms with Gasteiger partial charge in [-0.3, -0.25) is 4.79 Å². The number of ketones is 1. The predicted octanol–water partition coefficient (Wildman–Crippen LogP) is 2.79. The van der Waals surface area contributed by atoms with Crippen LogP contribution in [0.5, 0.6) is 5.75 Å². The Morgan fingerprint density at radius 3 is 3.06 bits per heavy atom. The number of rotatable bonds is 5. The number of Topliss-reactive ketones (excluding diaryl/α,β-unsaturated/α-hetero) is 1. The van der Waals surface area contributed by atoms with Gasteiger partial charge in [-0.15, -0.1) is 0 Å². The van der Waals surface area contributed by atoms with E-state index in [1.54, 1.807) is 7.11 Å². The fraction of sp³-hybridized carbons (Fsp3) is 0.533. The number of methoxy groups -OCH3 is 1. The Balaban J connectivity index is 2.12. The van der Waals surface area contributed by atoms with Crippen LogP contribution in [0.15, 0.2) is 24.3 Å². The van der Waals surface area contributed by atoms with Gasteiger partial charge in [0.1, 0.15) is 11.5 Å². The summed E-state index contributed by atoms with van der Waals surface area (Å²) in [5, 5.41) is 0. The number of ether oxygens (including phenoxy) is 2. The van der Waals surface area contributed by atoms with E-state index in [1.165, 1.54) is 0 Å². The molecule has 1 aliphatic heterocycles. The van der Waals surface area contributed by atoms with Crippen LogP contribution in [0.1, 0.15) is 31.2 Å². The smallest absolute Gasteiger partial charge is 0.143 e. The number of fused-ring (bicyclic) bond motifs is 1. The average Bonchev–Trinajstić information content (AvgIpc) is 2.43. The van der Waals surface area contributed by atoms with Crippen LogP contribution >= 0.6 is 0 Å². The van der Waals surface area contributed by atoms with E-state index in [1.807, 2.05) is 31.2 Å². The molecule has 1 aromatic carbocycles. The highest BCUT2D eigenvalue weighted by Crippen LogP contribution is 2.35. The van der Waals surface area contributed by atoms with Crippen molar-refractivity contribution in [3.63, 3.8) is 0 Å². The number of benzene rings is 1.